The van der Waals surface area contributed by atoms with Gasteiger partial charge in [-0.25, -0.2) is 4.98 Å². The van der Waals surface area contributed by atoms with E-state index < -0.39 is 0 Å². The summed E-state index contributed by atoms with van der Waals surface area (Å²) in [4.78, 5) is 4.07. The molecule has 1 aromatic heterocycles. The van der Waals surface area contributed by atoms with Crippen molar-refractivity contribution in [2.75, 3.05) is 5.73 Å². The van der Waals surface area contributed by atoms with Crippen molar-refractivity contribution in [3.8, 4) is 0 Å². The number of nitrogen functional groups attached to an aromatic ring is 1. The van der Waals surface area contributed by atoms with E-state index in [1.807, 2.05) is 19.1 Å². The largest absolute Gasteiger partial charge is 0.402 e. The zero-order valence-electron chi connectivity index (χ0n) is 10.5. The predicted molar refractivity (Wildman–Crippen MR) is 69.7 cm³/mol. The smallest absolute Gasteiger partial charge is 0.130 e. The minimum absolute atomic E-state index is 0.174. The zero-order valence-corrected chi connectivity index (χ0v) is 10.5. The van der Waals surface area contributed by atoms with Crippen molar-refractivity contribution in [1.82, 2.24) is 4.98 Å². The lowest BCUT2D eigenvalue weighted by Gasteiger charge is -2.18. The lowest BCUT2D eigenvalue weighted by atomic mass is 9.90. The zero-order chi connectivity index (χ0) is 12.3. The monoisotopic (exact) mass is 219 g/mol. The van der Waals surface area contributed by atoms with Crippen molar-refractivity contribution in [2.45, 2.75) is 34.1 Å². The summed E-state index contributed by atoms with van der Waals surface area (Å²) in [5.41, 5.74) is 13.0. The van der Waals surface area contributed by atoms with Gasteiger partial charge in [-0.2, -0.15) is 0 Å². The van der Waals surface area contributed by atoms with Crippen molar-refractivity contribution < 1.29 is 0 Å². The summed E-state index contributed by atoms with van der Waals surface area (Å²) >= 11 is 0. The Balaban J connectivity index is 3.43. The molecular weight excluding hydrogens is 198 g/mol. The SMILES string of the molecule is C/C=c1/c(N)ncc/c1=C(/N)CC(C)(C)C. The molecular formula is C13H21N3. The number of hydrogen-bond donors (Lipinski definition) is 2. The summed E-state index contributed by atoms with van der Waals surface area (Å²) in [6.07, 6.45) is 4.50. The third kappa shape index (κ3) is 2.99. The average molecular weight is 219 g/mol. The number of anilines is 1. The van der Waals surface area contributed by atoms with Crippen molar-refractivity contribution >= 4 is 17.6 Å². The van der Waals surface area contributed by atoms with Crippen LogP contribution in [-0.4, -0.2) is 4.98 Å². The molecule has 0 fully saturated rings. The second kappa shape index (κ2) is 4.56. The van der Waals surface area contributed by atoms with Gasteiger partial charge in [0.15, 0.2) is 0 Å². The normalized spacial score (nSPS) is 15.1. The Hall–Kier alpha value is -1.51. The first kappa shape index (κ1) is 12.6. The quantitative estimate of drug-likeness (QED) is 0.739. The van der Waals surface area contributed by atoms with Crippen molar-refractivity contribution in [1.29, 1.82) is 0 Å². The number of nitrogens with zero attached hydrogens (tertiary/aromatic N) is 1. The Labute approximate surface area is 96.9 Å². The van der Waals surface area contributed by atoms with Crippen LogP contribution in [0.1, 0.15) is 34.1 Å². The standard InChI is InChI=1S/C13H21N3/c1-5-9-10(6-7-16-12(9)15)11(14)8-13(2,3)4/h5-7H,8,14H2,1-4H3,(H2,15,16)/b9-5+,11-10-. The second-order valence-corrected chi connectivity index (χ2v) is 5.21. The molecule has 0 spiro atoms. The summed E-state index contributed by atoms with van der Waals surface area (Å²) in [5.74, 6) is 0.539. The molecule has 1 aromatic rings. The number of rotatable bonds is 1. The fourth-order valence-electron chi connectivity index (χ4n) is 1.74. The molecule has 0 unspecified atom stereocenters. The molecule has 1 heterocycles. The Kier molecular flexibility index (Phi) is 3.58. The molecule has 4 N–H and O–H groups in total. The summed E-state index contributed by atoms with van der Waals surface area (Å²) in [7, 11) is 0. The van der Waals surface area contributed by atoms with E-state index in [9.17, 15) is 0 Å². The van der Waals surface area contributed by atoms with E-state index in [4.69, 9.17) is 11.5 Å². The first-order chi connectivity index (χ1) is 7.35. The van der Waals surface area contributed by atoms with Crippen LogP contribution in [0.3, 0.4) is 0 Å². The molecule has 16 heavy (non-hydrogen) atoms. The Morgan fingerprint density at radius 1 is 1.44 bits per heavy atom. The molecule has 0 aliphatic rings. The van der Waals surface area contributed by atoms with Crippen LogP contribution < -0.4 is 21.9 Å². The second-order valence-electron chi connectivity index (χ2n) is 5.21. The highest BCUT2D eigenvalue weighted by Gasteiger charge is 2.12. The molecule has 0 atom stereocenters. The number of aromatic nitrogens is 1. The number of hydrogen-bond acceptors (Lipinski definition) is 3. The van der Waals surface area contributed by atoms with Crippen LogP contribution in [0.2, 0.25) is 0 Å². The van der Waals surface area contributed by atoms with Crippen molar-refractivity contribution in [2.24, 2.45) is 11.1 Å². The molecule has 0 amide bonds. The van der Waals surface area contributed by atoms with Gasteiger partial charge in [0.2, 0.25) is 0 Å². The van der Waals surface area contributed by atoms with E-state index in [0.717, 1.165) is 22.6 Å². The highest BCUT2D eigenvalue weighted by molar-refractivity contribution is 5.48. The molecule has 0 saturated carbocycles. The molecule has 0 aliphatic carbocycles. The molecule has 1 rings (SSSR count). The molecule has 0 saturated heterocycles. The molecule has 0 radical (unpaired) electrons. The number of pyridine rings is 1. The van der Waals surface area contributed by atoms with Gasteiger partial charge >= 0.3 is 0 Å². The molecule has 0 bridgehead atoms. The van der Waals surface area contributed by atoms with Crippen molar-refractivity contribution in [3.63, 3.8) is 0 Å². The summed E-state index contributed by atoms with van der Waals surface area (Å²) in [6.45, 7) is 8.44. The Morgan fingerprint density at radius 3 is 2.56 bits per heavy atom. The van der Waals surface area contributed by atoms with Gasteiger partial charge in [0.25, 0.3) is 0 Å². The van der Waals surface area contributed by atoms with E-state index in [1.54, 1.807) is 6.20 Å². The van der Waals surface area contributed by atoms with Crippen LogP contribution in [0, 0.1) is 5.41 Å². The molecule has 3 nitrogen and oxygen atoms in total. The fraction of sp³-hybridized carbons (Fsp3) is 0.462. The van der Waals surface area contributed by atoms with Crippen LogP contribution in [0.5, 0.6) is 0 Å². The third-order valence-corrected chi connectivity index (χ3v) is 2.38. The fourth-order valence-corrected chi connectivity index (χ4v) is 1.74. The maximum Gasteiger partial charge on any atom is 0.130 e. The van der Waals surface area contributed by atoms with Gasteiger partial charge in [-0.15, -0.1) is 0 Å². The minimum Gasteiger partial charge on any atom is -0.402 e. The molecule has 88 valence electrons. The van der Waals surface area contributed by atoms with Gasteiger partial charge in [-0.05, 0) is 24.8 Å². The van der Waals surface area contributed by atoms with E-state index in [-0.39, 0.29) is 5.41 Å². The van der Waals surface area contributed by atoms with E-state index in [2.05, 4.69) is 25.8 Å². The van der Waals surface area contributed by atoms with Gasteiger partial charge in [0.1, 0.15) is 5.82 Å². The predicted octanol–water partition coefficient (Wildman–Crippen LogP) is 0.967. The minimum atomic E-state index is 0.174. The average Bonchev–Trinajstić information content (AvgIpc) is 2.14. The van der Waals surface area contributed by atoms with Gasteiger partial charge in [-0.3, -0.25) is 0 Å². The molecule has 0 aliphatic heterocycles. The Bertz CT molecular complexity index is 481. The van der Waals surface area contributed by atoms with Gasteiger partial charge in [0, 0.05) is 22.3 Å². The molecule has 3 heteroatoms. The summed E-state index contributed by atoms with van der Waals surface area (Å²) < 4.78 is 0. The van der Waals surface area contributed by atoms with Gasteiger partial charge in [0.05, 0.1) is 0 Å². The topological polar surface area (TPSA) is 64.9 Å². The first-order valence-corrected chi connectivity index (χ1v) is 5.50. The third-order valence-electron chi connectivity index (χ3n) is 2.38. The van der Waals surface area contributed by atoms with Crippen LogP contribution >= 0.6 is 0 Å². The lowest BCUT2D eigenvalue weighted by molar-refractivity contribution is 0.424. The maximum absolute atomic E-state index is 6.14. The number of nitrogens with two attached hydrogens (primary N) is 2. The van der Waals surface area contributed by atoms with Crippen molar-refractivity contribution in [3.05, 3.63) is 22.7 Å². The van der Waals surface area contributed by atoms with E-state index in [0.29, 0.717) is 5.82 Å². The van der Waals surface area contributed by atoms with Gasteiger partial charge in [-0.1, -0.05) is 26.8 Å². The van der Waals surface area contributed by atoms with Crippen LogP contribution in [0.15, 0.2) is 12.3 Å². The highest BCUT2D eigenvalue weighted by atomic mass is 14.8. The highest BCUT2D eigenvalue weighted by Crippen LogP contribution is 2.21. The van der Waals surface area contributed by atoms with E-state index >= 15 is 0 Å². The van der Waals surface area contributed by atoms with E-state index in [1.165, 1.54) is 0 Å². The maximum atomic E-state index is 6.14. The first-order valence-electron chi connectivity index (χ1n) is 5.50. The Morgan fingerprint density at radius 2 is 2.06 bits per heavy atom. The summed E-state index contributed by atoms with van der Waals surface area (Å²) in [5, 5.41) is 1.94. The van der Waals surface area contributed by atoms with Crippen LogP contribution in [0.4, 0.5) is 5.82 Å². The van der Waals surface area contributed by atoms with Gasteiger partial charge < -0.3 is 11.5 Å². The summed E-state index contributed by atoms with van der Waals surface area (Å²) in [6, 6.07) is 1.92. The van der Waals surface area contributed by atoms with Crippen LogP contribution in [0.25, 0.3) is 11.8 Å². The lowest BCUT2D eigenvalue weighted by Crippen LogP contribution is -2.33. The van der Waals surface area contributed by atoms with Crippen LogP contribution in [-0.2, 0) is 0 Å². The molecule has 0 aromatic carbocycles.